The fourth-order valence-electron chi connectivity index (χ4n) is 9.75. The van der Waals surface area contributed by atoms with Crippen LogP contribution in [0.4, 0.5) is 0 Å². The van der Waals surface area contributed by atoms with E-state index in [1.165, 1.54) is 0 Å². The Morgan fingerprint density at radius 2 is 0.632 bits per heavy atom. The highest BCUT2D eigenvalue weighted by atomic mass is 16.8. The summed E-state index contributed by atoms with van der Waals surface area (Å²) in [6.07, 6.45) is -61.8. The van der Waals surface area contributed by atoms with Gasteiger partial charge < -0.3 is 169 Å². The van der Waals surface area contributed by atoms with Crippen LogP contribution >= 0.6 is 0 Å². The number of aliphatic hydroxyl groups is 21. The normalized spacial score (nSPS) is 52.6. The van der Waals surface area contributed by atoms with Gasteiger partial charge in [0.1, 0.15) is 146 Å². The van der Waals surface area contributed by atoms with Gasteiger partial charge in [0, 0.05) is 12.8 Å². The zero-order chi connectivity index (χ0) is 55.6. The SMILES string of the molecule is OC[C@@H]1C[C@H](O)C[C@H](OC[C@H]2O[C@@H](O[C@@H]3[C@@H](O)[C@H](O[C@@H]4[C@@H](O)[C@H](O[C@@H]5[C@@H](O)[C@H](O)O[C@H](CO[C@@H]6O[C@H](CO)[C@@H](O)[C@H](O)[C@H]6O)[C@H]5O)O[C@H](CO)[C@H]4O)O[C@H](CO)[C@H]3O)[C@H](O)[C@@H](O[C@@H]3O[C@H](CO)[C@@H](O)[C@H](O)[C@H]3O)[C@@H]2O)O1. The van der Waals surface area contributed by atoms with Crippen molar-refractivity contribution in [2.24, 2.45) is 0 Å². The van der Waals surface area contributed by atoms with Crippen LogP contribution in [-0.2, 0) is 61.6 Å². The van der Waals surface area contributed by atoms with E-state index in [0.29, 0.717) is 0 Å². The molecule has 0 bridgehead atoms. The molecule has 33 atom stereocenters. The van der Waals surface area contributed by atoms with Gasteiger partial charge in [-0.1, -0.05) is 0 Å². The van der Waals surface area contributed by atoms with Gasteiger partial charge in [-0.25, -0.2) is 0 Å². The van der Waals surface area contributed by atoms with Crippen molar-refractivity contribution in [2.75, 3.05) is 46.2 Å². The number of aliphatic hydroxyl groups excluding tert-OH is 21. The van der Waals surface area contributed by atoms with Gasteiger partial charge in [0.2, 0.25) is 0 Å². The van der Waals surface area contributed by atoms with Gasteiger partial charge in [0.05, 0.1) is 58.5 Å². The average Bonchev–Trinajstić information content (AvgIpc) is 3.41. The lowest BCUT2D eigenvalue weighted by molar-refractivity contribution is -0.396. The molecule has 444 valence electrons. The third kappa shape index (κ3) is 13.4. The molecule has 7 aliphatic rings. The lowest BCUT2D eigenvalue weighted by Crippen LogP contribution is -2.68. The number of ether oxygens (including phenoxy) is 13. The molecular formula is C42H72O34. The molecule has 0 aliphatic carbocycles. The second kappa shape index (κ2) is 27.1. The lowest BCUT2D eigenvalue weighted by Gasteiger charge is -2.49. The Labute approximate surface area is 430 Å². The number of hydrogen-bond donors (Lipinski definition) is 21. The highest BCUT2D eigenvalue weighted by Gasteiger charge is 2.57. The summed E-state index contributed by atoms with van der Waals surface area (Å²) in [5, 5.41) is 224. The number of hydrogen-bond acceptors (Lipinski definition) is 34. The molecule has 0 saturated carbocycles. The molecule has 0 aromatic heterocycles. The van der Waals surface area contributed by atoms with Gasteiger partial charge in [-0.15, -0.1) is 0 Å². The summed E-state index contributed by atoms with van der Waals surface area (Å²) in [7, 11) is 0. The van der Waals surface area contributed by atoms with Crippen LogP contribution in [0.15, 0.2) is 0 Å². The van der Waals surface area contributed by atoms with Crippen LogP contribution in [0.5, 0.6) is 0 Å². The maximum absolute atomic E-state index is 11.8. The molecule has 7 saturated heterocycles. The second-order valence-electron chi connectivity index (χ2n) is 19.4. The predicted molar refractivity (Wildman–Crippen MR) is 229 cm³/mol. The lowest BCUT2D eigenvalue weighted by atomic mass is 9.95. The molecule has 7 fully saturated rings. The Balaban J connectivity index is 1.07. The Kier molecular flexibility index (Phi) is 22.2. The van der Waals surface area contributed by atoms with E-state index >= 15 is 0 Å². The molecular weight excluding hydrogens is 1050 g/mol. The first-order valence-corrected chi connectivity index (χ1v) is 24.4. The molecule has 34 nitrogen and oxygen atoms in total. The topological polar surface area (TPSA) is 545 Å². The van der Waals surface area contributed by atoms with E-state index < -0.39 is 249 Å². The molecule has 21 N–H and O–H groups in total. The van der Waals surface area contributed by atoms with Gasteiger partial charge >= 0.3 is 0 Å². The fourth-order valence-corrected chi connectivity index (χ4v) is 9.75. The molecule has 0 radical (unpaired) electrons. The third-order valence-electron chi connectivity index (χ3n) is 14.2. The minimum atomic E-state index is -2.29. The Hall–Kier alpha value is -1.36. The van der Waals surface area contributed by atoms with E-state index in [2.05, 4.69) is 0 Å². The quantitative estimate of drug-likeness (QED) is 0.0571. The van der Waals surface area contributed by atoms with Crippen molar-refractivity contribution >= 4 is 0 Å². The van der Waals surface area contributed by atoms with Crippen molar-refractivity contribution in [1.82, 2.24) is 0 Å². The van der Waals surface area contributed by atoms with E-state index in [4.69, 9.17) is 61.6 Å². The zero-order valence-corrected chi connectivity index (χ0v) is 40.1. The van der Waals surface area contributed by atoms with E-state index in [1.807, 2.05) is 0 Å². The molecule has 0 spiro atoms. The molecule has 7 aliphatic heterocycles. The predicted octanol–water partition coefficient (Wildman–Crippen LogP) is -14.2. The first kappa shape index (κ1) is 62.2. The van der Waals surface area contributed by atoms with Crippen LogP contribution in [0, 0.1) is 0 Å². The molecule has 0 aromatic rings. The number of rotatable bonds is 19. The van der Waals surface area contributed by atoms with Gasteiger partial charge in [-0.3, -0.25) is 0 Å². The van der Waals surface area contributed by atoms with Gasteiger partial charge in [0.15, 0.2) is 44.0 Å². The minimum Gasteiger partial charge on any atom is -0.394 e. The first-order chi connectivity index (χ1) is 36.1. The van der Waals surface area contributed by atoms with Crippen molar-refractivity contribution in [2.45, 2.75) is 216 Å². The van der Waals surface area contributed by atoms with Gasteiger partial charge in [0.25, 0.3) is 0 Å². The van der Waals surface area contributed by atoms with E-state index in [-0.39, 0.29) is 12.8 Å². The summed E-state index contributed by atoms with van der Waals surface area (Å²) < 4.78 is 72.8. The van der Waals surface area contributed by atoms with Crippen LogP contribution in [0.1, 0.15) is 12.8 Å². The van der Waals surface area contributed by atoms with Crippen molar-refractivity contribution < 1.29 is 169 Å². The Morgan fingerprint density at radius 3 is 1.07 bits per heavy atom. The monoisotopic (exact) mass is 1120 g/mol. The van der Waals surface area contributed by atoms with Crippen LogP contribution in [0.3, 0.4) is 0 Å². The van der Waals surface area contributed by atoms with Crippen LogP contribution in [0.25, 0.3) is 0 Å². The van der Waals surface area contributed by atoms with E-state index in [9.17, 15) is 107 Å². The summed E-state index contributed by atoms with van der Waals surface area (Å²) >= 11 is 0. The molecule has 7 heterocycles. The molecule has 0 unspecified atom stereocenters. The van der Waals surface area contributed by atoms with E-state index in [0.717, 1.165) is 0 Å². The molecule has 0 amide bonds. The van der Waals surface area contributed by atoms with Gasteiger partial charge in [-0.05, 0) is 0 Å². The standard InChI is InChI=1S/C42H72O34/c43-3-11-1-10(48)2-18(66-11)64-8-17-24(54)36(74-39-28(58)26(56)20(50)13(5-45)69-39)32(62)42(72-17)76-35-22(52)15(7-47)71-41(31(35)61)75-34-21(51)14(6-46)70-40(30(34)60)73-33-23(53)16(67-37(63)29(33)59)9-65-38-27(57)25(55)19(49)12(4-44)68-38/h10-63H,1-9H2/t10-,11-,12+,13+,14+,15+,16+,17+,18+,19+,20+,21+,22+,23+,24+,25-,26-,27+,28+,29+,30+,31+,32+,33-,34-,35-,36-,37+,38+,39-,40-,41-,42-/m0/s1. The van der Waals surface area contributed by atoms with Crippen molar-refractivity contribution in [3.8, 4) is 0 Å². The summed E-state index contributed by atoms with van der Waals surface area (Å²) in [5.74, 6) is 0. The van der Waals surface area contributed by atoms with E-state index in [1.54, 1.807) is 0 Å². The summed E-state index contributed by atoms with van der Waals surface area (Å²) in [5.41, 5.74) is 0. The molecule has 76 heavy (non-hydrogen) atoms. The Bertz CT molecular complexity index is 1750. The largest absolute Gasteiger partial charge is 0.394 e. The molecule has 7 rings (SSSR count). The second-order valence-corrected chi connectivity index (χ2v) is 19.4. The summed E-state index contributed by atoms with van der Waals surface area (Å²) in [6.45, 7) is -5.78. The molecule has 34 heteroatoms. The highest BCUT2D eigenvalue weighted by Crippen LogP contribution is 2.37. The van der Waals surface area contributed by atoms with Crippen LogP contribution < -0.4 is 0 Å². The van der Waals surface area contributed by atoms with Crippen molar-refractivity contribution in [3.05, 3.63) is 0 Å². The Morgan fingerprint density at radius 1 is 0.289 bits per heavy atom. The molecule has 0 aromatic carbocycles. The van der Waals surface area contributed by atoms with Crippen molar-refractivity contribution in [3.63, 3.8) is 0 Å². The average molecular weight is 1120 g/mol. The third-order valence-corrected chi connectivity index (χ3v) is 14.2. The summed E-state index contributed by atoms with van der Waals surface area (Å²) in [6, 6.07) is 0. The van der Waals surface area contributed by atoms with Gasteiger partial charge in [-0.2, -0.15) is 0 Å². The maximum atomic E-state index is 11.8. The fraction of sp³-hybridized carbons (Fsp3) is 1.00. The minimum absolute atomic E-state index is 0.0574. The maximum Gasteiger partial charge on any atom is 0.187 e. The first-order valence-electron chi connectivity index (χ1n) is 24.4. The van der Waals surface area contributed by atoms with Crippen LogP contribution in [0.2, 0.25) is 0 Å². The summed E-state index contributed by atoms with van der Waals surface area (Å²) in [4.78, 5) is 0. The highest BCUT2D eigenvalue weighted by molar-refractivity contribution is 5.00. The zero-order valence-electron chi connectivity index (χ0n) is 40.1. The van der Waals surface area contributed by atoms with Crippen molar-refractivity contribution in [1.29, 1.82) is 0 Å². The smallest absolute Gasteiger partial charge is 0.187 e. The van der Waals surface area contributed by atoms with Crippen LogP contribution in [-0.4, -0.2) is 356 Å².